The molecule has 0 N–H and O–H groups in total. The second kappa shape index (κ2) is 5.92. The Balaban J connectivity index is 2.27. The minimum absolute atomic E-state index is 0.145. The number of hydrogen-bond donors (Lipinski definition) is 0. The van der Waals surface area contributed by atoms with Crippen molar-refractivity contribution >= 4 is 29.0 Å². The number of Topliss-reactive ketones (excluding diaryl/α,β-unsaturated/α-hetero) is 1. The fraction of sp³-hybridized carbons (Fsp3) is 0.429. The van der Waals surface area contributed by atoms with Gasteiger partial charge in [0.05, 0.1) is 16.1 Å². The first-order chi connectivity index (χ1) is 9.04. The number of rotatable bonds is 3. The summed E-state index contributed by atoms with van der Waals surface area (Å²) in [7, 11) is 0. The van der Waals surface area contributed by atoms with Crippen molar-refractivity contribution in [2.24, 2.45) is 5.92 Å². The van der Waals surface area contributed by atoms with Crippen LogP contribution in [0.5, 0.6) is 0 Å². The smallest absolute Gasteiger partial charge is 0.183 e. The third-order valence-corrected chi connectivity index (χ3v) is 4.10. The van der Waals surface area contributed by atoms with Crippen molar-refractivity contribution in [2.75, 3.05) is 6.61 Å². The third kappa shape index (κ3) is 2.92. The second-order valence-electron chi connectivity index (χ2n) is 4.70. The Hall–Kier alpha value is -1.08. The highest BCUT2D eigenvalue weighted by atomic mass is 35.5. The zero-order valence-electron chi connectivity index (χ0n) is 10.4. The molecule has 0 radical (unpaired) electrons. The number of nitrogens with zero attached hydrogens (tertiary/aromatic N) is 1. The van der Waals surface area contributed by atoms with Crippen molar-refractivity contribution in [3.8, 4) is 6.07 Å². The van der Waals surface area contributed by atoms with E-state index in [-0.39, 0.29) is 11.7 Å². The first-order valence-electron chi connectivity index (χ1n) is 6.04. The molecule has 1 fully saturated rings. The van der Waals surface area contributed by atoms with E-state index in [9.17, 15) is 10.1 Å². The first kappa shape index (κ1) is 14.3. The molecule has 0 amide bonds. The van der Waals surface area contributed by atoms with Crippen LogP contribution in [0.4, 0.5) is 0 Å². The molecule has 100 valence electrons. The zero-order chi connectivity index (χ0) is 14.0. The molecule has 3 nitrogen and oxygen atoms in total. The second-order valence-corrected chi connectivity index (χ2v) is 5.51. The maximum Gasteiger partial charge on any atom is 0.183 e. The molecule has 2 rings (SSSR count). The monoisotopic (exact) mass is 297 g/mol. The van der Waals surface area contributed by atoms with Crippen LogP contribution in [0.25, 0.3) is 0 Å². The van der Waals surface area contributed by atoms with Crippen molar-refractivity contribution < 1.29 is 9.53 Å². The Morgan fingerprint density at radius 1 is 1.47 bits per heavy atom. The number of ketones is 1. The molecule has 1 heterocycles. The summed E-state index contributed by atoms with van der Waals surface area (Å²) in [6.45, 7) is 2.52. The summed E-state index contributed by atoms with van der Waals surface area (Å²) in [4.78, 5) is 12.4. The molecule has 0 bridgehead atoms. The molecule has 1 saturated heterocycles. The molecule has 1 aliphatic rings. The van der Waals surface area contributed by atoms with Gasteiger partial charge in [-0.15, -0.1) is 0 Å². The minimum atomic E-state index is -0.861. The molecule has 0 aliphatic carbocycles. The number of carbonyl (C=O) groups excluding carboxylic acids is 1. The van der Waals surface area contributed by atoms with Crippen LogP contribution in [0.15, 0.2) is 18.2 Å². The van der Waals surface area contributed by atoms with Crippen LogP contribution in [0.2, 0.25) is 10.0 Å². The van der Waals surface area contributed by atoms with Crippen LogP contribution in [0.1, 0.15) is 24.8 Å². The predicted molar refractivity (Wildman–Crippen MR) is 73.3 cm³/mol. The molecule has 3 atom stereocenters. The van der Waals surface area contributed by atoms with Gasteiger partial charge >= 0.3 is 0 Å². The van der Waals surface area contributed by atoms with Gasteiger partial charge in [-0.1, -0.05) is 36.2 Å². The molecule has 1 aliphatic heterocycles. The molecule has 5 heteroatoms. The number of carbonyl (C=O) groups is 1. The Kier molecular flexibility index (Phi) is 4.46. The van der Waals surface area contributed by atoms with E-state index in [0.717, 1.165) is 6.42 Å². The van der Waals surface area contributed by atoms with Crippen LogP contribution < -0.4 is 0 Å². The quantitative estimate of drug-likeness (QED) is 0.856. The minimum Gasteiger partial charge on any atom is -0.370 e. The van der Waals surface area contributed by atoms with E-state index in [4.69, 9.17) is 27.9 Å². The summed E-state index contributed by atoms with van der Waals surface area (Å²) in [5.74, 6) is -0.919. The van der Waals surface area contributed by atoms with Gasteiger partial charge in [0.2, 0.25) is 0 Å². The normalized spacial score (nSPS) is 23.9. The van der Waals surface area contributed by atoms with Gasteiger partial charge in [-0.25, -0.2) is 0 Å². The summed E-state index contributed by atoms with van der Waals surface area (Å²) < 4.78 is 5.43. The van der Waals surface area contributed by atoms with Gasteiger partial charge in [0.15, 0.2) is 5.78 Å². The number of ether oxygens (including phenoxy) is 1. The van der Waals surface area contributed by atoms with Crippen LogP contribution in [-0.2, 0) is 9.53 Å². The third-order valence-electron chi connectivity index (χ3n) is 3.36. The van der Waals surface area contributed by atoms with E-state index in [1.165, 1.54) is 0 Å². The van der Waals surface area contributed by atoms with Gasteiger partial charge < -0.3 is 4.74 Å². The average Bonchev–Trinajstić information content (AvgIpc) is 2.80. The molecule has 3 unspecified atom stereocenters. The molecule has 1 aromatic rings. The van der Waals surface area contributed by atoms with Crippen molar-refractivity contribution in [3.63, 3.8) is 0 Å². The number of hydrogen-bond acceptors (Lipinski definition) is 3. The molecule has 0 spiro atoms. The van der Waals surface area contributed by atoms with Gasteiger partial charge in [0, 0.05) is 6.61 Å². The fourth-order valence-electron chi connectivity index (χ4n) is 2.22. The van der Waals surface area contributed by atoms with E-state index in [0.29, 0.717) is 22.2 Å². The van der Waals surface area contributed by atoms with Gasteiger partial charge in [-0.3, -0.25) is 4.79 Å². The highest BCUT2D eigenvalue weighted by Gasteiger charge is 2.36. The van der Waals surface area contributed by atoms with E-state index < -0.39 is 12.0 Å². The van der Waals surface area contributed by atoms with E-state index in [1.807, 2.05) is 13.0 Å². The Morgan fingerprint density at radius 2 is 2.21 bits per heavy atom. The highest BCUT2D eigenvalue weighted by molar-refractivity contribution is 6.42. The maximum absolute atomic E-state index is 12.4. The lowest BCUT2D eigenvalue weighted by atomic mass is 9.88. The summed E-state index contributed by atoms with van der Waals surface area (Å²) in [5, 5.41) is 10.00. The van der Waals surface area contributed by atoms with E-state index >= 15 is 0 Å². The SMILES string of the molecule is CC1CCOC1C(=O)C(C#N)c1ccc(Cl)c(Cl)c1. The summed E-state index contributed by atoms with van der Waals surface area (Å²) >= 11 is 11.8. The topological polar surface area (TPSA) is 50.1 Å². The van der Waals surface area contributed by atoms with Gasteiger partial charge in [-0.2, -0.15) is 5.26 Å². The van der Waals surface area contributed by atoms with E-state index in [1.54, 1.807) is 18.2 Å². The molecule has 19 heavy (non-hydrogen) atoms. The standard InChI is InChI=1S/C14H13Cl2NO2/c1-8-4-5-19-14(8)13(18)10(7-17)9-2-3-11(15)12(16)6-9/h2-3,6,8,10,14H,4-5H2,1H3. The maximum atomic E-state index is 12.4. The Morgan fingerprint density at radius 3 is 2.74 bits per heavy atom. The highest BCUT2D eigenvalue weighted by Crippen LogP contribution is 2.30. The van der Waals surface area contributed by atoms with Crippen LogP contribution >= 0.6 is 23.2 Å². The van der Waals surface area contributed by atoms with Gasteiger partial charge in [0.25, 0.3) is 0 Å². The summed E-state index contributed by atoms with van der Waals surface area (Å²) in [5.41, 5.74) is 0.560. The molecular weight excluding hydrogens is 285 g/mol. The number of nitriles is 1. The molecule has 0 saturated carbocycles. The lowest BCUT2D eigenvalue weighted by molar-refractivity contribution is -0.129. The lowest BCUT2D eigenvalue weighted by Gasteiger charge is -2.17. The van der Waals surface area contributed by atoms with Crippen LogP contribution in [0.3, 0.4) is 0 Å². The van der Waals surface area contributed by atoms with Crippen molar-refractivity contribution in [1.82, 2.24) is 0 Å². The number of benzene rings is 1. The molecular formula is C14H13Cl2NO2. The van der Waals surface area contributed by atoms with Crippen molar-refractivity contribution in [3.05, 3.63) is 33.8 Å². The first-order valence-corrected chi connectivity index (χ1v) is 6.80. The van der Waals surface area contributed by atoms with Crippen LogP contribution in [0, 0.1) is 17.2 Å². The molecule has 0 aromatic heterocycles. The summed E-state index contributed by atoms with van der Waals surface area (Å²) in [6, 6.07) is 6.84. The van der Waals surface area contributed by atoms with Crippen molar-refractivity contribution in [1.29, 1.82) is 5.26 Å². The Labute approximate surface area is 122 Å². The van der Waals surface area contributed by atoms with Crippen LogP contribution in [-0.4, -0.2) is 18.5 Å². The molecule has 1 aromatic carbocycles. The zero-order valence-corrected chi connectivity index (χ0v) is 11.9. The fourth-order valence-corrected chi connectivity index (χ4v) is 2.52. The van der Waals surface area contributed by atoms with E-state index in [2.05, 4.69) is 0 Å². The van der Waals surface area contributed by atoms with Gasteiger partial charge in [-0.05, 0) is 30.0 Å². The predicted octanol–water partition coefficient (Wildman–Crippen LogP) is 3.59. The lowest BCUT2D eigenvalue weighted by Crippen LogP contribution is -2.29. The largest absolute Gasteiger partial charge is 0.370 e. The summed E-state index contributed by atoms with van der Waals surface area (Å²) in [6.07, 6.45) is 0.342. The average molecular weight is 298 g/mol. The van der Waals surface area contributed by atoms with Crippen molar-refractivity contribution in [2.45, 2.75) is 25.4 Å². The number of halogens is 2. The Bertz CT molecular complexity index is 539. The van der Waals surface area contributed by atoms with Gasteiger partial charge in [0.1, 0.15) is 12.0 Å².